The lowest BCUT2D eigenvalue weighted by Gasteiger charge is -2.12. The van der Waals surface area contributed by atoms with Crippen molar-refractivity contribution < 1.29 is 14.7 Å². The Balaban J connectivity index is 2.08. The summed E-state index contributed by atoms with van der Waals surface area (Å²) < 4.78 is 0. The molecule has 0 unspecified atom stereocenters. The van der Waals surface area contributed by atoms with Gasteiger partial charge in [0.2, 0.25) is 0 Å². The summed E-state index contributed by atoms with van der Waals surface area (Å²) in [7, 11) is 0. The molecule has 0 aromatic carbocycles. The second-order valence-corrected chi connectivity index (χ2v) is 5.97. The van der Waals surface area contributed by atoms with Crippen molar-refractivity contribution in [2.24, 2.45) is 0 Å². The number of thiazole rings is 1. The third-order valence-electron chi connectivity index (χ3n) is 2.65. The van der Waals surface area contributed by atoms with Crippen LogP contribution < -0.4 is 5.32 Å². The number of hydrogen-bond donors (Lipinski definition) is 2. The molecule has 5 nitrogen and oxygen atoms in total. The first-order valence-corrected chi connectivity index (χ1v) is 7.90. The number of carbonyl (C=O) groups is 2. The maximum atomic E-state index is 12.0. The molecular weight excluding hydrogens is 296 g/mol. The number of nitrogens with one attached hydrogen (secondary N) is 1. The zero-order chi connectivity index (χ0) is 14.5. The highest BCUT2D eigenvalue weighted by Gasteiger charge is 2.21. The molecule has 2 N–H and O–H groups in total. The predicted molar refractivity (Wildman–Crippen MR) is 79.2 cm³/mol. The highest BCUT2D eigenvalue weighted by atomic mass is 32.1. The largest absolute Gasteiger partial charge is 0.480 e. The first-order valence-electron chi connectivity index (χ1n) is 6.15. The molecular formula is C13H14N2O3S2. The minimum Gasteiger partial charge on any atom is -0.480 e. The lowest BCUT2D eigenvalue weighted by atomic mass is 10.1. The van der Waals surface area contributed by atoms with Gasteiger partial charge in [-0.2, -0.15) is 0 Å². The molecule has 2 aromatic heterocycles. The van der Waals surface area contributed by atoms with E-state index in [0.29, 0.717) is 12.8 Å². The van der Waals surface area contributed by atoms with Crippen LogP contribution in [-0.4, -0.2) is 28.0 Å². The summed E-state index contributed by atoms with van der Waals surface area (Å²) in [4.78, 5) is 28.3. The second-order valence-electron chi connectivity index (χ2n) is 4.17. The zero-order valence-electron chi connectivity index (χ0n) is 10.8. The summed E-state index contributed by atoms with van der Waals surface area (Å²) in [6.45, 7) is 1.87. The highest BCUT2D eigenvalue weighted by molar-refractivity contribution is 7.20. The molecule has 0 aliphatic carbocycles. The maximum absolute atomic E-state index is 12.0. The Labute approximate surface area is 124 Å². The topological polar surface area (TPSA) is 79.3 Å². The van der Waals surface area contributed by atoms with Gasteiger partial charge in [-0.3, -0.25) is 4.79 Å². The van der Waals surface area contributed by atoms with Gasteiger partial charge in [0.25, 0.3) is 5.91 Å². The van der Waals surface area contributed by atoms with Crippen molar-refractivity contribution in [1.29, 1.82) is 0 Å². The molecule has 20 heavy (non-hydrogen) atoms. The summed E-state index contributed by atoms with van der Waals surface area (Å²) in [6.07, 6.45) is 1.09. The van der Waals surface area contributed by atoms with E-state index in [1.807, 2.05) is 24.4 Å². The first-order chi connectivity index (χ1) is 9.61. The van der Waals surface area contributed by atoms with Crippen LogP contribution in [0.3, 0.4) is 0 Å². The van der Waals surface area contributed by atoms with Gasteiger partial charge in [0.15, 0.2) is 0 Å². The molecule has 0 bridgehead atoms. The van der Waals surface area contributed by atoms with E-state index >= 15 is 0 Å². The van der Waals surface area contributed by atoms with Gasteiger partial charge in [0, 0.05) is 5.38 Å². The fraction of sp³-hybridized carbons (Fsp3) is 0.308. The minimum absolute atomic E-state index is 0.265. The Hall–Kier alpha value is -1.73. The maximum Gasteiger partial charge on any atom is 0.326 e. The van der Waals surface area contributed by atoms with Gasteiger partial charge in [-0.15, -0.1) is 22.7 Å². The molecule has 7 heteroatoms. The van der Waals surface area contributed by atoms with Gasteiger partial charge >= 0.3 is 5.97 Å². The van der Waals surface area contributed by atoms with Gasteiger partial charge in [0.05, 0.1) is 4.88 Å². The summed E-state index contributed by atoms with van der Waals surface area (Å²) in [5, 5.41) is 15.9. The Bertz CT molecular complexity index is 593. The molecule has 0 aliphatic rings. The van der Waals surface area contributed by atoms with Crippen LogP contribution in [0.15, 0.2) is 22.9 Å². The molecule has 1 amide bonds. The number of aliphatic carboxylic acids is 1. The molecule has 0 radical (unpaired) electrons. The van der Waals surface area contributed by atoms with Crippen molar-refractivity contribution >= 4 is 34.6 Å². The van der Waals surface area contributed by atoms with Crippen LogP contribution in [0, 0.1) is 0 Å². The number of hydrogen-bond acceptors (Lipinski definition) is 5. The van der Waals surface area contributed by atoms with Gasteiger partial charge < -0.3 is 10.4 Å². The van der Waals surface area contributed by atoms with Crippen molar-refractivity contribution in [3.05, 3.63) is 28.6 Å². The summed E-state index contributed by atoms with van der Waals surface area (Å²) >= 11 is 2.93. The van der Waals surface area contributed by atoms with Gasteiger partial charge in [-0.05, 0) is 17.9 Å². The molecule has 0 spiro atoms. The number of rotatable bonds is 6. The number of carbonyl (C=O) groups excluding carboxylic acids is 1. The number of carboxylic acid groups (broad SMARTS) is 1. The van der Waals surface area contributed by atoms with E-state index in [1.54, 1.807) is 16.7 Å². The molecule has 2 rings (SSSR count). The van der Waals surface area contributed by atoms with Crippen LogP contribution in [0.25, 0.3) is 9.88 Å². The van der Waals surface area contributed by atoms with Crippen molar-refractivity contribution in [3.8, 4) is 9.88 Å². The third kappa shape index (κ3) is 3.43. The Kier molecular flexibility index (Phi) is 4.86. The van der Waals surface area contributed by atoms with Crippen LogP contribution in [0.5, 0.6) is 0 Å². The number of carboxylic acids is 1. The van der Waals surface area contributed by atoms with E-state index in [9.17, 15) is 9.59 Å². The predicted octanol–water partition coefficient (Wildman–Crippen LogP) is 2.85. The smallest absolute Gasteiger partial charge is 0.326 e. The molecule has 2 heterocycles. The monoisotopic (exact) mass is 310 g/mol. The normalized spacial score (nSPS) is 12.1. The van der Waals surface area contributed by atoms with Crippen LogP contribution in [0.1, 0.15) is 30.3 Å². The minimum atomic E-state index is -1.02. The SMILES string of the molecule is CCC[C@@H](NC(=O)c1csc(-c2cccs2)n1)C(=O)O. The van der Waals surface area contributed by atoms with Crippen molar-refractivity contribution in [2.45, 2.75) is 25.8 Å². The first kappa shape index (κ1) is 14.7. The third-order valence-corrected chi connectivity index (χ3v) is 4.53. The van der Waals surface area contributed by atoms with E-state index in [2.05, 4.69) is 10.3 Å². The van der Waals surface area contributed by atoms with Gasteiger partial charge in [-0.1, -0.05) is 19.4 Å². The van der Waals surface area contributed by atoms with Gasteiger partial charge in [-0.25, -0.2) is 9.78 Å². The summed E-state index contributed by atoms with van der Waals surface area (Å²) in [6, 6.07) is 2.99. The number of nitrogens with zero attached hydrogens (tertiary/aromatic N) is 1. The van der Waals surface area contributed by atoms with E-state index in [0.717, 1.165) is 9.88 Å². The molecule has 0 saturated carbocycles. The summed E-state index contributed by atoms with van der Waals surface area (Å²) in [5.74, 6) is -1.46. The Morgan fingerprint density at radius 3 is 2.85 bits per heavy atom. The number of aromatic nitrogens is 1. The van der Waals surface area contributed by atoms with Crippen molar-refractivity contribution in [3.63, 3.8) is 0 Å². The molecule has 0 fully saturated rings. The second kappa shape index (κ2) is 6.62. The standard InChI is InChI=1S/C13H14N2O3S2/c1-2-4-8(13(17)18)14-11(16)9-7-20-12(15-9)10-5-3-6-19-10/h3,5-8H,2,4H2,1H3,(H,14,16)(H,17,18)/t8-/m1/s1. The molecule has 1 atom stereocenters. The molecule has 2 aromatic rings. The van der Waals surface area contributed by atoms with E-state index < -0.39 is 17.9 Å². The lowest BCUT2D eigenvalue weighted by Crippen LogP contribution is -2.40. The average Bonchev–Trinajstić information content (AvgIpc) is 3.08. The fourth-order valence-corrected chi connectivity index (χ4v) is 3.28. The van der Waals surface area contributed by atoms with Crippen LogP contribution >= 0.6 is 22.7 Å². The molecule has 0 aliphatic heterocycles. The Morgan fingerprint density at radius 1 is 1.45 bits per heavy atom. The highest BCUT2D eigenvalue weighted by Crippen LogP contribution is 2.27. The molecule has 106 valence electrons. The average molecular weight is 310 g/mol. The van der Waals surface area contributed by atoms with E-state index in [1.165, 1.54) is 11.3 Å². The quantitative estimate of drug-likeness (QED) is 0.860. The van der Waals surface area contributed by atoms with Crippen molar-refractivity contribution in [1.82, 2.24) is 10.3 Å². The van der Waals surface area contributed by atoms with E-state index in [-0.39, 0.29) is 5.69 Å². The fourth-order valence-electron chi connectivity index (χ4n) is 1.67. The van der Waals surface area contributed by atoms with E-state index in [4.69, 9.17) is 5.11 Å². The van der Waals surface area contributed by atoms with Crippen LogP contribution in [0.4, 0.5) is 0 Å². The number of thiophene rings is 1. The van der Waals surface area contributed by atoms with Gasteiger partial charge in [0.1, 0.15) is 16.7 Å². The molecule has 0 saturated heterocycles. The number of amides is 1. The zero-order valence-corrected chi connectivity index (χ0v) is 12.5. The van der Waals surface area contributed by atoms with Crippen molar-refractivity contribution in [2.75, 3.05) is 0 Å². The van der Waals surface area contributed by atoms with Crippen LogP contribution in [0.2, 0.25) is 0 Å². The lowest BCUT2D eigenvalue weighted by molar-refractivity contribution is -0.139. The van der Waals surface area contributed by atoms with Crippen LogP contribution in [-0.2, 0) is 4.79 Å². The Morgan fingerprint density at radius 2 is 2.25 bits per heavy atom. The summed E-state index contributed by atoms with van der Waals surface area (Å²) in [5.41, 5.74) is 0.265.